The lowest BCUT2D eigenvalue weighted by molar-refractivity contribution is -0.150. The number of hydrogen-bond acceptors (Lipinski definition) is 4. The van der Waals surface area contributed by atoms with E-state index in [9.17, 15) is 9.18 Å². The van der Waals surface area contributed by atoms with Crippen LogP contribution in [-0.2, 0) is 19.0 Å². The van der Waals surface area contributed by atoms with Gasteiger partial charge in [-0.3, -0.25) is 4.79 Å². The molecule has 2 aliphatic heterocycles. The SMILES string of the molecule is CO[C@@H]1C(=O)[C@H](F)C[C@]2(CO2)[C@H]1[C@@]1(C)O[C@@H]1CC=C(C)C. The number of halogens is 1. The molecule has 6 atom stereocenters. The average Bonchev–Trinajstić information content (AvgIpc) is 3.31. The number of epoxide rings is 2. The van der Waals surface area contributed by atoms with Crippen molar-refractivity contribution < 1.29 is 23.4 Å². The first-order valence-electron chi connectivity index (χ1n) is 7.50. The van der Waals surface area contributed by atoms with Gasteiger partial charge in [0.15, 0.2) is 12.0 Å². The van der Waals surface area contributed by atoms with Crippen molar-refractivity contribution in [1.29, 1.82) is 0 Å². The molecule has 0 radical (unpaired) electrons. The molecule has 118 valence electrons. The minimum Gasteiger partial charge on any atom is -0.373 e. The van der Waals surface area contributed by atoms with Gasteiger partial charge in [-0.1, -0.05) is 11.6 Å². The van der Waals surface area contributed by atoms with Crippen LogP contribution >= 0.6 is 0 Å². The maximum absolute atomic E-state index is 13.9. The number of ketones is 1. The van der Waals surface area contributed by atoms with E-state index in [1.165, 1.54) is 12.7 Å². The van der Waals surface area contributed by atoms with Gasteiger partial charge in [-0.25, -0.2) is 4.39 Å². The van der Waals surface area contributed by atoms with E-state index in [0.29, 0.717) is 6.61 Å². The highest BCUT2D eigenvalue weighted by atomic mass is 19.1. The van der Waals surface area contributed by atoms with Crippen molar-refractivity contribution in [2.24, 2.45) is 5.92 Å². The van der Waals surface area contributed by atoms with Crippen LogP contribution in [-0.4, -0.2) is 49.1 Å². The van der Waals surface area contributed by atoms with Gasteiger partial charge in [-0.15, -0.1) is 0 Å². The molecule has 5 heteroatoms. The predicted octanol–water partition coefficient (Wildman–Crippen LogP) is 2.21. The molecule has 3 aliphatic rings. The van der Waals surface area contributed by atoms with E-state index in [-0.39, 0.29) is 18.4 Å². The molecule has 3 rings (SSSR count). The molecule has 0 aromatic heterocycles. The summed E-state index contributed by atoms with van der Waals surface area (Å²) in [6.45, 7) is 6.56. The number of hydrogen-bond donors (Lipinski definition) is 0. The molecule has 4 nitrogen and oxygen atoms in total. The third kappa shape index (κ3) is 2.35. The van der Waals surface area contributed by atoms with E-state index < -0.39 is 29.3 Å². The first kappa shape index (κ1) is 15.1. The van der Waals surface area contributed by atoms with Gasteiger partial charge in [0.2, 0.25) is 0 Å². The monoisotopic (exact) mass is 298 g/mol. The summed E-state index contributed by atoms with van der Waals surface area (Å²) >= 11 is 0. The number of alkyl halides is 1. The van der Waals surface area contributed by atoms with Crippen LogP contribution in [0, 0.1) is 5.92 Å². The fourth-order valence-corrected chi connectivity index (χ4v) is 3.79. The van der Waals surface area contributed by atoms with E-state index in [2.05, 4.69) is 6.08 Å². The van der Waals surface area contributed by atoms with E-state index in [1.54, 1.807) is 0 Å². The number of carbonyl (C=O) groups excluding carboxylic acids is 1. The Balaban J connectivity index is 1.82. The highest BCUT2D eigenvalue weighted by Gasteiger charge is 2.73. The van der Waals surface area contributed by atoms with Crippen LogP contribution in [0.15, 0.2) is 11.6 Å². The van der Waals surface area contributed by atoms with Gasteiger partial charge in [-0.2, -0.15) is 0 Å². The number of carbonyl (C=O) groups is 1. The van der Waals surface area contributed by atoms with E-state index in [4.69, 9.17) is 14.2 Å². The molecule has 1 saturated carbocycles. The zero-order chi connectivity index (χ0) is 15.4. The highest BCUT2D eigenvalue weighted by Crippen LogP contribution is 2.59. The zero-order valence-electron chi connectivity index (χ0n) is 13.0. The molecule has 3 fully saturated rings. The lowest BCUT2D eigenvalue weighted by Crippen LogP contribution is -2.56. The third-order valence-corrected chi connectivity index (χ3v) is 5.09. The van der Waals surface area contributed by atoms with E-state index >= 15 is 0 Å². The van der Waals surface area contributed by atoms with Gasteiger partial charge in [-0.05, 0) is 27.2 Å². The lowest BCUT2D eigenvalue weighted by Gasteiger charge is -2.38. The molecule has 1 aliphatic carbocycles. The maximum atomic E-state index is 13.9. The van der Waals surface area contributed by atoms with Crippen molar-refractivity contribution in [2.45, 2.75) is 63.2 Å². The molecule has 2 saturated heterocycles. The normalized spacial score (nSPS) is 48.3. The number of allylic oxidation sites excluding steroid dienone is 1. The molecule has 0 amide bonds. The van der Waals surface area contributed by atoms with Crippen molar-refractivity contribution >= 4 is 5.78 Å². The molecule has 0 aromatic rings. The Hall–Kier alpha value is -0.780. The average molecular weight is 298 g/mol. The maximum Gasteiger partial charge on any atom is 0.196 e. The molecule has 0 unspecified atom stereocenters. The van der Waals surface area contributed by atoms with Crippen molar-refractivity contribution in [3.8, 4) is 0 Å². The summed E-state index contributed by atoms with van der Waals surface area (Å²) in [7, 11) is 1.46. The Morgan fingerprint density at radius 2 is 2.19 bits per heavy atom. The fourth-order valence-electron chi connectivity index (χ4n) is 3.79. The highest BCUT2D eigenvalue weighted by molar-refractivity contribution is 5.89. The van der Waals surface area contributed by atoms with Crippen LogP contribution in [0.4, 0.5) is 4.39 Å². The van der Waals surface area contributed by atoms with Crippen LogP contribution in [0.1, 0.15) is 33.6 Å². The predicted molar refractivity (Wildman–Crippen MR) is 74.8 cm³/mol. The third-order valence-electron chi connectivity index (χ3n) is 5.09. The second-order valence-electron chi connectivity index (χ2n) is 6.87. The van der Waals surface area contributed by atoms with Gasteiger partial charge in [0.1, 0.15) is 17.3 Å². The number of ether oxygens (including phenoxy) is 3. The minimum atomic E-state index is -1.49. The Morgan fingerprint density at radius 3 is 2.71 bits per heavy atom. The van der Waals surface area contributed by atoms with Crippen molar-refractivity contribution in [2.75, 3.05) is 13.7 Å². The number of Topliss-reactive ketones (excluding diaryl/α,β-unsaturated/α-hetero) is 1. The summed E-state index contributed by atoms with van der Waals surface area (Å²) < 4.78 is 30.7. The van der Waals surface area contributed by atoms with E-state index in [0.717, 1.165) is 6.42 Å². The molecule has 2 heterocycles. The summed E-state index contributed by atoms with van der Waals surface area (Å²) in [5, 5.41) is 0. The van der Waals surface area contributed by atoms with Crippen molar-refractivity contribution in [1.82, 2.24) is 0 Å². The summed E-state index contributed by atoms with van der Waals surface area (Å²) in [5.74, 6) is -0.702. The Kier molecular flexibility index (Phi) is 3.50. The lowest BCUT2D eigenvalue weighted by atomic mass is 9.68. The van der Waals surface area contributed by atoms with E-state index in [1.807, 2.05) is 20.8 Å². The molecule has 0 N–H and O–H groups in total. The Morgan fingerprint density at radius 1 is 1.52 bits per heavy atom. The molecule has 0 bridgehead atoms. The van der Waals surface area contributed by atoms with Gasteiger partial charge in [0, 0.05) is 13.5 Å². The van der Waals surface area contributed by atoms with Gasteiger partial charge < -0.3 is 14.2 Å². The summed E-state index contributed by atoms with van der Waals surface area (Å²) in [4.78, 5) is 12.1. The van der Waals surface area contributed by atoms with Gasteiger partial charge in [0.25, 0.3) is 0 Å². The summed E-state index contributed by atoms with van der Waals surface area (Å²) in [6, 6.07) is 0. The molecule has 21 heavy (non-hydrogen) atoms. The second kappa shape index (κ2) is 4.86. The molecule has 1 spiro atoms. The first-order valence-corrected chi connectivity index (χ1v) is 7.50. The standard InChI is InChI=1S/C16H23FO4/c1-9(2)5-6-11-15(3,21-11)14-13(19-4)12(18)10(17)7-16(14)8-20-16/h5,10-11,13-14H,6-8H2,1-4H3/t10-,11-,13-,14-,15+,16+/m1/s1. The fraction of sp³-hybridized carbons (Fsp3) is 0.812. The summed E-state index contributed by atoms with van der Waals surface area (Å²) in [6.07, 6.45) is 0.825. The Bertz CT molecular complexity index is 481. The second-order valence-corrected chi connectivity index (χ2v) is 6.87. The first-order chi connectivity index (χ1) is 9.84. The van der Waals surface area contributed by atoms with Crippen LogP contribution in [0.3, 0.4) is 0 Å². The smallest absolute Gasteiger partial charge is 0.196 e. The summed E-state index contributed by atoms with van der Waals surface area (Å²) in [5.41, 5.74) is 0.179. The van der Waals surface area contributed by atoms with Gasteiger partial charge >= 0.3 is 0 Å². The largest absolute Gasteiger partial charge is 0.373 e. The molecular formula is C16H23FO4. The quantitative estimate of drug-likeness (QED) is 0.590. The van der Waals surface area contributed by atoms with Gasteiger partial charge in [0.05, 0.1) is 18.6 Å². The van der Waals surface area contributed by atoms with Crippen molar-refractivity contribution in [3.05, 3.63) is 11.6 Å². The van der Waals surface area contributed by atoms with Crippen LogP contribution < -0.4 is 0 Å². The number of methoxy groups -OCH3 is 1. The van der Waals surface area contributed by atoms with Crippen LogP contribution in [0.25, 0.3) is 0 Å². The van der Waals surface area contributed by atoms with Crippen LogP contribution in [0.2, 0.25) is 0 Å². The zero-order valence-corrected chi connectivity index (χ0v) is 13.0. The topological polar surface area (TPSA) is 51.4 Å². The van der Waals surface area contributed by atoms with Crippen molar-refractivity contribution in [3.63, 3.8) is 0 Å². The molecular weight excluding hydrogens is 275 g/mol. The Labute approximate surface area is 124 Å². The molecule has 0 aromatic carbocycles. The van der Waals surface area contributed by atoms with Crippen LogP contribution in [0.5, 0.6) is 0 Å². The minimum absolute atomic E-state index is 0.0417. The number of rotatable bonds is 4.